The van der Waals surface area contributed by atoms with Gasteiger partial charge in [0, 0.05) is 18.6 Å². The standard InChI is InChI=1S/C18H34N2/c1-19-17-7-5-3-4-6-8-18(17)20(2)13-16-12-14-9-10-15(16)11-14/h14-19H,3-13H2,1-2H3. The Hall–Kier alpha value is -0.0800. The number of hydrogen-bond donors (Lipinski definition) is 1. The maximum atomic E-state index is 3.62. The summed E-state index contributed by atoms with van der Waals surface area (Å²) in [5.41, 5.74) is 0. The number of rotatable bonds is 4. The highest BCUT2D eigenvalue weighted by Crippen LogP contribution is 2.48. The zero-order valence-corrected chi connectivity index (χ0v) is 13.6. The lowest BCUT2D eigenvalue weighted by Gasteiger charge is -2.38. The topological polar surface area (TPSA) is 15.3 Å². The van der Waals surface area contributed by atoms with Gasteiger partial charge in [0.05, 0.1) is 0 Å². The molecule has 0 heterocycles. The molecule has 3 fully saturated rings. The monoisotopic (exact) mass is 278 g/mol. The van der Waals surface area contributed by atoms with Crippen molar-refractivity contribution in [3.05, 3.63) is 0 Å². The van der Waals surface area contributed by atoms with Crippen molar-refractivity contribution in [3.8, 4) is 0 Å². The predicted molar refractivity (Wildman–Crippen MR) is 85.9 cm³/mol. The summed E-state index contributed by atoms with van der Waals surface area (Å²) in [4.78, 5) is 2.73. The van der Waals surface area contributed by atoms with Crippen molar-refractivity contribution in [3.63, 3.8) is 0 Å². The molecule has 2 nitrogen and oxygen atoms in total. The summed E-state index contributed by atoms with van der Waals surface area (Å²) < 4.78 is 0. The van der Waals surface area contributed by atoms with Gasteiger partial charge in [-0.25, -0.2) is 0 Å². The van der Waals surface area contributed by atoms with Crippen molar-refractivity contribution in [1.82, 2.24) is 10.2 Å². The minimum absolute atomic E-state index is 0.721. The minimum Gasteiger partial charge on any atom is -0.315 e. The van der Waals surface area contributed by atoms with Crippen molar-refractivity contribution < 1.29 is 0 Å². The number of likely N-dealkylation sites (N-methyl/N-ethyl adjacent to an activating group) is 2. The molecule has 2 bridgehead atoms. The first kappa shape index (κ1) is 14.8. The Morgan fingerprint density at radius 2 is 1.75 bits per heavy atom. The third-order valence-electron chi connectivity index (χ3n) is 6.57. The van der Waals surface area contributed by atoms with Gasteiger partial charge in [0.2, 0.25) is 0 Å². The smallest absolute Gasteiger partial charge is 0.0246 e. The molecular formula is C18H34N2. The van der Waals surface area contributed by atoms with Crippen LogP contribution in [0, 0.1) is 17.8 Å². The fourth-order valence-corrected chi connectivity index (χ4v) is 5.43. The van der Waals surface area contributed by atoms with Crippen LogP contribution in [0.15, 0.2) is 0 Å². The van der Waals surface area contributed by atoms with Crippen molar-refractivity contribution >= 4 is 0 Å². The Morgan fingerprint density at radius 1 is 0.950 bits per heavy atom. The zero-order valence-electron chi connectivity index (χ0n) is 13.6. The molecule has 3 aliphatic rings. The molecule has 0 aromatic carbocycles. The van der Waals surface area contributed by atoms with E-state index in [-0.39, 0.29) is 0 Å². The average Bonchev–Trinajstić information content (AvgIpc) is 3.00. The Bertz CT molecular complexity index is 304. The van der Waals surface area contributed by atoms with Crippen LogP contribution in [-0.2, 0) is 0 Å². The van der Waals surface area contributed by atoms with E-state index in [9.17, 15) is 0 Å². The molecule has 5 atom stereocenters. The second-order valence-electron chi connectivity index (χ2n) is 7.83. The van der Waals surface area contributed by atoms with E-state index in [2.05, 4.69) is 24.3 Å². The summed E-state index contributed by atoms with van der Waals surface area (Å²) in [7, 11) is 4.58. The van der Waals surface area contributed by atoms with Crippen molar-refractivity contribution in [2.24, 2.45) is 17.8 Å². The van der Waals surface area contributed by atoms with Gasteiger partial charge in [0.25, 0.3) is 0 Å². The Kier molecular flexibility index (Phi) is 5.04. The number of fused-ring (bicyclic) bond motifs is 2. The molecule has 0 aromatic rings. The molecule has 1 N–H and O–H groups in total. The van der Waals surface area contributed by atoms with Crippen LogP contribution in [0.1, 0.15) is 64.2 Å². The molecule has 5 unspecified atom stereocenters. The van der Waals surface area contributed by atoms with E-state index in [1.165, 1.54) is 64.3 Å². The van der Waals surface area contributed by atoms with Crippen LogP contribution >= 0.6 is 0 Å². The molecule has 0 aliphatic heterocycles. The molecule has 2 heteroatoms. The van der Waals surface area contributed by atoms with E-state index >= 15 is 0 Å². The fraction of sp³-hybridized carbons (Fsp3) is 1.00. The minimum atomic E-state index is 0.721. The van der Waals surface area contributed by atoms with E-state index < -0.39 is 0 Å². The lowest BCUT2D eigenvalue weighted by Crippen LogP contribution is -2.49. The summed E-state index contributed by atoms with van der Waals surface area (Å²) in [6.45, 7) is 1.37. The summed E-state index contributed by atoms with van der Waals surface area (Å²) in [6.07, 6.45) is 14.7. The van der Waals surface area contributed by atoms with Crippen LogP contribution in [0.5, 0.6) is 0 Å². The van der Waals surface area contributed by atoms with Gasteiger partial charge < -0.3 is 10.2 Å². The Labute approximate surface area is 125 Å². The van der Waals surface area contributed by atoms with Gasteiger partial charge in [-0.2, -0.15) is 0 Å². The maximum Gasteiger partial charge on any atom is 0.0246 e. The molecule has 3 saturated carbocycles. The molecule has 116 valence electrons. The van der Waals surface area contributed by atoms with E-state index in [4.69, 9.17) is 0 Å². The molecule has 0 saturated heterocycles. The first-order chi connectivity index (χ1) is 9.78. The summed E-state index contributed by atoms with van der Waals surface area (Å²) in [6, 6.07) is 1.50. The van der Waals surface area contributed by atoms with Gasteiger partial charge >= 0.3 is 0 Å². The van der Waals surface area contributed by atoms with Crippen molar-refractivity contribution in [2.75, 3.05) is 20.6 Å². The van der Waals surface area contributed by atoms with Crippen molar-refractivity contribution in [1.29, 1.82) is 0 Å². The highest BCUT2D eigenvalue weighted by Gasteiger charge is 2.40. The summed E-state index contributed by atoms with van der Waals surface area (Å²) in [5.74, 6) is 3.18. The SMILES string of the molecule is CNC1CCCCCCC1N(C)CC1CC2CCC1C2. The lowest BCUT2D eigenvalue weighted by molar-refractivity contribution is 0.128. The molecule has 20 heavy (non-hydrogen) atoms. The van der Waals surface area contributed by atoms with Gasteiger partial charge in [-0.3, -0.25) is 0 Å². The van der Waals surface area contributed by atoms with Gasteiger partial charge in [0.1, 0.15) is 0 Å². The zero-order chi connectivity index (χ0) is 13.9. The summed E-state index contributed by atoms with van der Waals surface area (Å²) in [5, 5.41) is 3.62. The number of nitrogens with zero attached hydrogens (tertiary/aromatic N) is 1. The van der Waals surface area contributed by atoms with E-state index in [0.29, 0.717) is 0 Å². The van der Waals surface area contributed by atoms with Crippen LogP contribution in [0.2, 0.25) is 0 Å². The molecule has 0 spiro atoms. The largest absolute Gasteiger partial charge is 0.315 e. The second kappa shape index (κ2) is 6.79. The first-order valence-corrected chi connectivity index (χ1v) is 9.15. The third-order valence-corrected chi connectivity index (χ3v) is 6.57. The molecule has 0 aromatic heterocycles. The second-order valence-corrected chi connectivity index (χ2v) is 7.83. The van der Waals surface area contributed by atoms with Gasteiger partial charge in [-0.05, 0) is 64.0 Å². The van der Waals surface area contributed by atoms with Crippen LogP contribution in [0.4, 0.5) is 0 Å². The van der Waals surface area contributed by atoms with Crippen LogP contribution in [-0.4, -0.2) is 37.6 Å². The van der Waals surface area contributed by atoms with E-state index in [1.54, 1.807) is 6.42 Å². The normalized spacial score (nSPS) is 41.9. The fourth-order valence-electron chi connectivity index (χ4n) is 5.43. The molecule has 3 aliphatic carbocycles. The first-order valence-electron chi connectivity index (χ1n) is 9.15. The van der Waals surface area contributed by atoms with Gasteiger partial charge in [0.15, 0.2) is 0 Å². The van der Waals surface area contributed by atoms with Crippen LogP contribution in [0.3, 0.4) is 0 Å². The third kappa shape index (κ3) is 3.22. The van der Waals surface area contributed by atoms with Crippen LogP contribution in [0.25, 0.3) is 0 Å². The molecule has 0 radical (unpaired) electrons. The van der Waals surface area contributed by atoms with Gasteiger partial charge in [-0.15, -0.1) is 0 Å². The highest BCUT2D eigenvalue weighted by atomic mass is 15.2. The Balaban J connectivity index is 1.57. The number of nitrogens with one attached hydrogen (secondary N) is 1. The average molecular weight is 278 g/mol. The highest BCUT2D eigenvalue weighted by molar-refractivity contribution is 4.93. The predicted octanol–water partition coefficient (Wildman–Crippen LogP) is 3.67. The molecular weight excluding hydrogens is 244 g/mol. The van der Waals surface area contributed by atoms with Crippen LogP contribution < -0.4 is 5.32 Å². The lowest BCUT2D eigenvalue weighted by atomic mass is 9.86. The quantitative estimate of drug-likeness (QED) is 0.844. The Morgan fingerprint density at radius 3 is 2.40 bits per heavy atom. The van der Waals surface area contributed by atoms with E-state index in [0.717, 1.165) is 29.8 Å². The molecule has 3 rings (SSSR count). The number of hydrogen-bond acceptors (Lipinski definition) is 2. The van der Waals surface area contributed by atoms with Crippen molar-refractivity contribution in [2.45, 2.75) is 76.3 Å². The van der Waals surface area contributed by atoms with Gasteiger partial charge in [-0.1, -0.05) is 32.1 Å². The maximum absolute atomic E-state index is 3.62. The molecule has 0 amide bonds. The summed E-state index contributed by atoms with van der Waals surface area (Å²) >= 11 is 0. The van der Waals surface area contributed by atoms with E-state index in [1.807, 2.05) is 0 Å².